The van der Waals surface area contributed by atoms with E-state index in [4.69, 9.17) is 9.47 Å². The van der Waals surface area contributed by atoms with Crippen LogP contribution in [0.2, 0.25) is 0 Å². The molecule has 0 N–H and O–H groups in total. The highest BCUT2D eigenvalue weighted by atomic mass is 32.2. The van der Waals surface area contributed by atoms with E-state index in [9.17, 15) is 17.6 Å². The Morgan fingerprint density at radius 3 is 2.25 bits per heavy atom. The summed E-state index contributed by atoms with van der Waals surface area (Å²) in [4.78, 5) is 17.1. The number of hydrogen-bond acceptors (Lipinski definition) is 6. The van der Waals surface area contributed by atoms with Crippen LogP contribution in [0.25, 0.3) is 0 Å². The van der Waals surface area contributed by atoms with Crippen molar-refractivity contribution in [2.24, 2.45) is 0 Å². The Morgan fingerprint density at radius 1 is 0.969 bits per heavy atom. The molecule has 2 heterocycles. The minimum atomic E-state index is -3.73. The van der Waals surface area contributed by atoms with E-state index < -0.39 is 10.0 Å². The van der Waals surface area contributed by atoms with Crippen LogP contribution in [-0.4, -0.2) is 83.1 Å². The van der Waals surface area contributed by atoms with Gasteiger partial charge < -0.3 is 19.3 Å². The van der Waals surface area contributed by atoms with Crippen LogP contribution in [-0.2, 0) is 14.8 Å². The van der Waals surface area contributed by atoms with Gasteiger partial charge in [0.1, 0.15) is 11.6 Å². The van der Waals surface area contributed by atoms with Crippen molar-refractivity contribution in [3.63, 3.8) is 0 Å². The van der Waals surface area contributed by atoms with Gasteiger partial charge in [0, 0.05) is 45.0 Å². The van der Waals surface area contributed by atoms with Crippen LogP contribution in [0.15, 0.2) is 47.4 Å². The van der Waals surface area contributed by atoms with Crippen LogP contribution in [0.5, 0.6) is 5.75 Å². The molecule has 0 aliphatic carbocycles. The zero-order valence-electron chi connectivity index (χ0n) is 17.9. The first kappa shape index (κ1) is 22.5. The van der Waals surface area contributed by atoms with Gasteiger partial charge in [-0.05, 0) is 42.5 Å². The third-order valence-electron chi connectivity index (χ3n) is 5.77. The summed E-state index contributed by atoms with van der Waals surface area (Å²) >= 11 is 0. The maximum absolute atomic E-state index is 13.3. The van der Waals surface area contributed by atoms with Gasteiger partial charge in [0.2, 0.25) is 10.0 Å². The van der Waals surface area contributed by atoms with Gasteiger partial charge in [-0.25, -0.2) is 12.8 Å². The lowest BCUT2D eigenvalue weighted by Crippen LogP contribution is -2.49. The molecule has 32 heavy (non-hydrogen) atoms. The second-order valence-corrected chi connectivity index (χ2v) is 9.57. The number of carbonyl (C=O) groups excluding carboxylic acids is 1. The molecule has 0 atom stereocenters. The fourth-order valence-corrected chi connectivity index (χ4v) is 5.38. The monoisotopic (exact) mass is 463 g/mol. The topological polar surface area (TPSA) is 79.4 Å². The molecule has 2 aromatic rings. The van der Waals surface area contributed by atoms with Crippen molar-refractivity contribution in [2.75, 3.05) is 64.5 Å². The summed E-state index contributed by atoms with van der Waals surface area (Å²) in [6.07, 6.45) is 0. The van der Waals surface area contributed by atoms with Crippen molar-refractivity contribution in [2.45, 2.75) is 4.90 Å². The normalized spacial score (nSPS) is 17.9. The molecule has 8 nitrogen and oxygen atoms in total. The maximum Gasteiger partial charge on any atom is 0.257 e. The standard InChI is InChI=1S/C22H26FN3O5S/c1-30-21-7-6-19(32(28,29)26-12-14-31-15-13-26)16-20(21)22(27)25-10-8-24(9-11-25)18-4-2-17(23)3-5-18/h2-7,16H,8-15H2,1H3. The Hall–Kier alpha value is -2.69. The average Bonchev–Trinajstić information content (AvgIpc) is 2.84. The third kappa shape index (κ3) is 4.57. The second-order valence-electron chi connectivity index (χ2n) is 7.63. The summed E-state index contributed by atoms with van der Waals surface area (Å²) in [6, 6.07) is 10.7. The Bertz CT molecular complexity index is 1060. The molecule has 0 radical (unpaired) electrons. The van der Waals surface area contributed by atoms with Gasteiger partial charge in [0.25, 0.3) is 5.91 Å². The van der Waals surface area contributed by atoms with Gasteiger partial charge in [-0.3, -0.25) is 4.79 Å². The largest absolute Gasteiger partial charge is 0.496 e. The van der Waals surface area contributed by atoms with Crippen LogP contribution in [0.4, 0.5) is 10.1 Å². The number of nitrogens with zero attached hydrogens (tertiary/aromatic N) is 3. The second kappa shape index (κ2) is 9.43. The number of hydrogen-bond donors (Lipinski definition) is 0. The molecule has 0 saturated carbocycles. The van der Waals surface area contributed by atoms with Crippen LogP contribution in [0, 0.1) is 5.82 Å². The summed E-state index contributed by atoms with van der Waals surface area (Å²) in [5, 5.41) is 0. The molecular weight excluding hydrogens is 437 g/mol. The van der Waals surface area contributed by atoms with Gasteiger partial charge in [-0.15, -0.1) is 0 Å². The molecule has 0 bridgehead atoms. The Labute approximate surface area is 187 Å². The molecule has 0 spiro atoms. The van der Waals surface area contributed by atoms with Crippen LogP contribution in [0.1, 0.15) is 10.4 Å². The van der Waals surface area contributed by atoms with Gasteiger partial charge in [0.15, 0.2) is 0 Å². The summed E-state index contributed by atoms with van der Waals surface area (Å²) in [6.45, 7) is 3.35. The predicted octanol–water partition coefficient (Wildman–Crippen LogP) is 1.82. The van der Waals surface area contributed by atoms with Crippen molar-refractivity contribution in [3.8, 4) is 5.75 Å². The number of amides is 1. The number of benzene rings is 2. The number of carbonyl (C=O) groups is 1. The number of morpholine rings is 1. The SMILES string of the molecule is COc1ccc(S(=O)(=O)N2CCOCC2)cc1C(=O)N1CCN(c2ccc(F)cc2)CC1. The van der Waals surface area contributed by atoms with Crippen molar-refractivity contribution < 1.29 is 27.1 Å². The smallest absolute Gasteiger partial charge is 0.257 e. The molecule has 10 heteroatoms. The molecule has 2 aliphatic heterocycles. The highest BCUT2D eigenvalue weighted by Crippen LogP contribution is 2.27. The third-order valence-corrected chi connectivity index (χ3v) is 7.66. The quantitative estimate of drug-likeness (QED) is 0.673. The minimum Gasteiger partial charge on any atom is -0.496 e. The Balaban J connectivity index is 1.52. The average molecular weight is 464 g/mol. The molecule has 172 valence electrons. The van der Waals surface area contributed by atoms with Crippen molar-refractivity contribution in [1.29, 1.82) is 0 Å². The number of halogens is 1. The van der Waals surface area contributed by atoms with Crippen molar-refractivity contribution >= 4 is 21.6 Å². The summed E-state index contributed by atoms with van der Waals surface area (Å²) in [5.74, 6) is -0.238. The van der Waals surface area contributed by atoms with Crippen LogP contribution < -0.4 is 9.64 Å². The van der Waals surface area contributed by atoms with E-state index in [0.717, 1.165) is 5.69 Å². The lowest BCUT2D eigenvalue weighted by Gasteiger charge is -2.36. The van der Waals surface area contributed by atoms with Crippen molar-refractivity contribution in [3.05, 3.63) is 53.8 Å². The van der Waals surface area contributed by atoms with Gasteiger partial charge in [-0.1, -0.05) is 0 Å². The summed E-state index contributed by atoms with van der Waals surface area (Å²) in [7, 11) is -2.28. The van der Waals surface area contributed by atoms with E-state index in [1.165, 1.54) is 41.7 Å². The number of sulfonamides is 1. The first-order valence-corrected chi connectivity index (χ1v) is 11.9. The zero-order valence-corrected chi connectivity index (χ0v) is 18.7. The molecule has 1 amide bonds. The fraction of sp³-hybridized carbons (Fsp3) is 0.409. The molecule has 2 saturated heterocycles. The minimum absolute atomic E-state index is 0.0634. The van der Waals surface area contributed by atoms with Gasteiger partial charge in [-0.2, -0.15) is 4.31 Å². The van der Waals surface area contributed by atoms with E-state index in [1.54, 1.807) is 17.0 Å². The zero-order chi connectivity index (χ0) is 22.7. The van der Waals surface area contributed by atoms with Gasteiger partial charge >= 0.3 is 0 Å². The highest BCUT2D eigenvalue weighted by Gasteiger charge is 2.30. The van der Waals surface area contributed by atoms with Crippen LogP contribution in [0.3, 0.4) is 0 Å². The number of rotatable bonds is 5. The lowest BCUT2D eigenvalue weighted by molar-refractivity contribution is 0.0728. The number of methoxy groups -OCH3 is 1. The van der Waals surface area contributed by atoms with E-state index >= 15 is 0 Å². The van der Waals surface area contributed by atoms with E-state index in [1.807, 2.05) is 0 Å². The molecule has 4 rings (SSSR count). The Kier molecular flexibility index (Phi) is 6.63. The summed E-state index contributed by atoms with van der Waals surface area (Å²) < 4.78 is 51.2. The van der Waals surface area contributed by atoms with E-state index in [-0.39, 0.29) is 35.3 Å². The fourth-order valence-electron chi connectivity index (χ4n) is 3.94. The maximum atomic E-state index is 13.3. The number of piperazine rings is 1. The highest BCUT2D eigenvalue weighted by molar-refractivity contribution is 7.89. The van der Waals surface area contributed by atoms with Gasteiger partial charge in [0.05, 0.1) is 30.8 Å². The first-order chi connectivity index (χ1) is 15.4. The molecule has 0 unspecified atom stereocenters. The molecule has 2 fully saturated rings. The van der Waals surface area contributed by atoms with E-state index in [2.05, 4.69) is 4.90 Å². The number of anilines is 1. The molecular formula is C22H26FN3O5S. The predicted molar refractivity (Wildman–Crippen MR) is 117 cm³/mol. The first-order valence-electron chi connectivity index (χ1n) is 10.5. The Morgan fingerprint density at radius 2 is 1.62 bits per heavy atom. The van der Waals surface area contributed by atoms with Crippen LogP contribution >= 0.6 is 0 Å². The molecule has 2 aromatic carbocycles. The van der Waals surface area contributed by atoms with E-state index in [0.29, 0.717) is 45.1 Å². The lowest BCUT2D eigenvalue weighted by atomic mass is 10.1. The molecule has 2 aliphatic rings. The van der Waals surface area contributed by atoms with Crippen molar-refractivity contribution in [1.82, 2.24) is 9.21 Å². The molecule has 0 aromatic heterocycles. The summed E-state index contributed by atoms with van der Waals surface area (Å²) in [5.41, 5.74) is 1.12. The number of ether oxygens (including phenoxy) is 2.